The lowest BCUT2D eigenvalue weighted by Crippen LogP contribution is -2.34. The Balaban J connectivity index is 2.60. The quantitative estimate of drug-likeness (QED) is 0.515. The van der Waals surface area contributed by atoms with Gasteiger partial charge in [-0.25, -0.2) is 0 Å². The van der Waals surface area contributed by atoms with Crippen LogP contribution in [0.3, 0.4) is 0 Å². The van der Waals surface area contributed by atoms with Crippen molar-refractivity contribution in [1.29, 1.82) is 0 Å². The number of rotatable bonds is 9. The van der Waals surface area contributed by atoms with Gasteiger partial charge >= 0.3 is 0 Å². The van der Waals surface area contributed by atoms with Crippen molar-refractivity contribution in [3.05, 3.63) is 56.2 Å². The van der Waals surface area contributed by atoms with Gasteiger partial charge in [0.1, 0.15) is 11.4 Å². The van der Waals surface area contributed by atoms with Crippen molar-refractivity contribution < 1.29 is 14.4 Å². The molecule has 0 unspecified atom stereocenters. The average molecular weight is 370 g/mol. The van der Waals surface area contributed by atoms with E-state index in [0.29, 0.717) is 24.0 Å². The molecule has 1 aromatic rings. The van der Waals surface area contributed by atoms with E-state index >= 15 is 0 Å². The van der Waals surface area contributed by atoms with Crippen LogP contribution < -0.4 is 10.9 Å². The molecule has 0 radical (unpaired) electrons. The number of unbranched alkanes of at least 4 members (excludes halogenated alkanes) is 3. The summed E-state index contributed by atoms with van der Waals surface area (Å²) in [5.74, 6) is -0.874. The molecule has 1 aromatic heterocycles. The average Bonchev–Trinajstić information content (AvgIpc) is 2.63. The van der Waals surface area contributed by atoms with Gasteiger partial charge in [0.05, 0.1) is 11.1 Å². The van der Waals surface area contributed by atoms with Crippen molar-refractivity contribution in [1.82, 2.24) is 10.3 Å². The topological polar surface area (TPSA) is 96.1 Å². The zero-order chi connectivity index (χ0) is 20.0. The number of aromatic nitrogens is 1. The molecule has 0 spiro atoms. The number of Topliss-reactive ketones (excluding diaryl/α,β-unsaturated/α-hetero) is 2. The van der Waals surface area contributed by atoms with E-state index in [1.165, 1.54) is 6.07 Å². The molecule has 2 N–H and O–H groups in total. The molecule has 6 heteroatoms. The SMILES string of the molecule is CCCCC/C=C(/C)C1=C(NC=O)C(=O)c2[nH]c(=O)cc(CCC)c2C1=O. The van der Waals surface area contributed by atoms with E-state index in [1.807, 2.05) is 13.0 Å². The van der Waals surface area contributed by atoms with Crippen LogP contribution in [0.15, 0.2) is 33.8 Å². The molecule has 27 heavy (non-hydrogen) atoms. The molecule has 144 valence electrons. The number of aromatic amines is 1. The minimum Gasteiger partial charge on any atom is -0.325 e. The highest BCUT2D eigenvalue weighted by Crippen LogP contribution is 2.30. The molecule has 2 rings (SSSR count). The number of allylic oxidation sites excluding steroid dienone is 4. The van der Waals surface area contributed by atoms with Crippen LogP contribution in [0.25, 0.3) is 0 Å². The maximum absolute atomic E-state index is 13.3. The van der Waals surface area contributed by atoms with Crippen LogP contribution in [-0.4, -0.2) is 23.0 Å². The number of carbonyl (C=O) groups excluding carboxylic acids is 3. The second kappa shape index (κ2) is 9.26. The smallest absolute Gasteiger partial charge is 0.248 e. The lowest BCUT2D eigenvalue weighted by molar-refractivity contribution is -0.108. The van der Waals surface area contributed by atoms with E-state index in [1.54, 1.807) is 6.92 Å². The Morgan fingerprint density at radius 3 is 2.48 bits per heavy atom. The summed E-state index contributed by atoms with van der Waals surface area (Å²) in [6, 6.07) is 1.38. The number of hydrogen-bond donors (Lipinski definition) is 2. The van der Waals surface area contributed by atoms with Crippen molar-refractivity contribution in [2.75, 3.05) is 0 Å². The van der Waals surface area contributed by atoms with Crippen LogP contribution in [0, 0.1) is 0 Å². The zero-order valence-corrected chi connectivity index (χ0v) is 16.1. The van der Waals surface area contributed by atoms with Crippen molar-refractivity contribution in [3.8, 4) is 0 Å². The number of hydrogen-bond acceptors (Lipinski definition) is 4. The molecule has 1 heterocycles. The maximum Gasteiger partial charge on any atom is 0.248 e. The summed E-state index contributed by atoms with van der Waals surface area (Å²) in [6.45, 7) is 5.83. The molecule has 1 aliphatic carbocycles. The summed E-state index contributed by atoms with van der Waals surface area (Å²) in [6.07, 6.45) is 7.52. The Bertz CT molecular complexity index is 875. The second-order valence-electron chi connectivity index (χ2n) is 6.71. The Hall–Kier alpha value is -2.76. The normalized spacial score (nSPS) is 14.4. The first-order chi connectivity index (χ1) is 13.0. The number of H-pyrrole nitrogens is 1. The second-order valence-corrected chi connectivity index (χ2v) is 6.71. The van der Waals surface area contributed by atoms with Crippen LogP contribution >= 0.6 is 0 Å². The number of amides is 1. The largest absolute Gasteiger partial charge is 0.325 e. The number of fused-ring (bicyclic) bond motifs is 1. The maximum atomic E-state index is 13.3. The van der Waals surface area contributed by atoms with Gasteiger partial charge in [-0.1, -0.05) is 39.2 Å². The first-order valence-electron chi connectivity index (χ1n) is 9.43. The number of carbonyl (C=O) groups is 3. The van der Waals surface area contributed by atoms with Gasteiger partial charge in [-0.05, 0) is 37.3 Å². The third-order valence-corrected chi connectivity index (χ3v) is 4.66. The summed E-state index contributed by atoms with van der Waals surface area (Å²) in [4.78, 5) is 51.6. The monoisotopic (exact) mass is 370 g/mol. The van der Waals surface area contributed by atoms with E-state index in [2.05, 4.69) is 17.2 Å². The molecule has 0 aliphatic heterocycles. The van der Waals surface area contributed by atoms with Crippen LogP contribution in [0.4, 0.5) is 0 Å². The minimum atomic E-state index is -0.539. The third-order valence-electron chi connectivity index (χ3n) is 4.66. The molecule has 0 saturated heterocycles. The Morgan fingerprint density at radius 2 is 1.85 bits per heavy atom. The van der Waals surface area contributed by atoms with Crippen LogP contribution in [0.2, 0.25) is 0 Å². The fraction of sp³-hybridized carbons (Fsp3) is 0.429. The van der Waals surface area contributed by atoms with Crippen LogP contribution in [0.1, 0.15) is 79.3 Å². The number of ketones is 2. The third kappa shape index (κ3) is 4.32. The van der Waals surface area contributed by atoms with E-state index in [4.69, 9.17) is 0 Å². The summed E-state index contributed by atoms with van der Waals surface area (Å²) in [5.41, 5.74) is 1.14. The molecule has 1 amide bonds. The predicted molar refractivity (Wildman–Crippen MR) is 104 cm³/mol. The fourth-order valence-corrected chi connectivity index (χ4v) is 3.37. The minimum absolute atomic E-state index is 0.0390. The van der Waals surface area contributed by atoms with E-state index < -0.39 is 11.3 Å². The summed E-state index contributed by atoms with van der Waals surface area (Å²) >= 11 is 0. The van der Waals surface area contributed by atoms with Gasteiger partial charge in [0.25, 0.3) is 0 Å². The standard InChI is InChI=1S/C21H26N2O4/c1-4-6-7-8-10-13(3)16-18(22-12-24)21(27)19-17(20(16)26)14(9-5-2)11-15(25)23-19/h10-12H,4-9H2,1-3H3,(H,22,24)(H,23,25)/b13-10-. The first kappa shape index (κ1) is 20.6. The number of nitrogens with one attached hydrogen (secondary N) is 2. The van der Waals surface area contributed by atoms with Crippen molar-refractivity contribution >= 4 is 18.0 Å². The van der Waals surface area contributed by atoms with Gasteiger partial charge in [-0.3, -0.25) is 19.2 Å². The van der Waals surface area contributed by atoms with Gasteiger partial charge < -0.3 is 10.3 Å². The first-order valence-corrected chi connectivity index (χ1v) is 9.43. The lowest BCUT2D eigenvalue weighted by Gasteiger charge is -2.22. The Kier molecular flexibility index (Phi) is 7.05. The molecular formula is C21H26N2O4. The van der Waals surface area contributed by atoms with Crippen molar-refractivity contribution in [2.45, 2.75) is 59.3 Å². The van der Waals surface area contributed by atoms with Gasteiger partial charge in [0.15, 0.2) is 5.78 Å². The van der Waals surface area contributed by atoms with E-state index in [0.717, 1.165) is 32.1 Å². The van der Waals surface area contributed by atoms with Gasteiger partial charge in [0, 0.05) is 6.07 Å². The van der Waals surface area contributed by atoms with E-state index in [-0.39, 0.29) is 28.3 Å². The van der Waals surface area contributed by atoms with E-state index in [9.17, 15) is 19.2 Å². The molecule has 1 aliphatic rings. The lowest BCUT2D eigenvalue weighted by atomic mass is 9.83. The Morgan fingerprint density at radius 1 is 1.11 bits per heavy atom. The summed E-state index contributed by atoms with van der Waals surface area (Å²) < 4.78 is 0. The highest BCUT2D eigenvalue weighted by atomic mass is 16.2. The summed E-state index contributed by atoms with van der Waals surface area (Å²) in [7, 11) is 0. The number of pyridine rings is 1. The molecule has 0 bridgehead atoms. The molecule has 0 aromatic carbocycles. The van der Waals surface area contributed by atoms with Gasteiger partial charge in [-0.15, -0.1) is 0 Å². The molecular weight excluding hydrogens is 344 g/mol. The van der Waals surface area contributed by atoms with Crippen molar-refractivity contribution in [2.24, 2.45) is 0 Å². The highest BCUT2D eigenvalue weighted by Gasteiger charge is 2.35. The highest BCUT2D eigenvalue weighted by molar-refractivity contribution is 6.28. The van der Waals surface area contributed by atoms with Crippen molar-refractivity contribution in [3.63, 3.8) is 0 Å². The van der Waals surface area contributed by atoms with Crippen LogP contribution in [0.5, 0.6) is 0 Å². The van der Waals surface area contributed by atoms with Gasteiger partial charge in [-0.2, -0.15) is 0 Å². The molecule has 0 fully saturated rings. The number of aryl methyl sites for hydroxylation is 1. The predicted octanol–water partition coefficient (Wildman–Crippen LogP) is 3.23. The zero-order valence-electron chi connectivity index (χ0n) is 16.1. The molecule has 6 nitrogen and oxygen atoms in total. The van der Waals surface area contributed by atoms with Gasteiger partial charge in [0.2, 0.25) is 17.8 Å². The Labute approximate surface area is 158 Å². The molecule has 0 saturated carbocycles. The summed E-state index contributed by atoms with van der Waals surface area (Å²) in [5, 5.41) is 2.37. The molecule has 0 atom stereocenters. The van der Waals surface area contributed by atoms with Crippen LogP contribution in [-0.2, 0) is 11.2 Å². The fourth-order valence-electron chi connectivity index (χ4n) is 3.37.